The Morgan fingerprint density at radius 2 is 1.69 bits per heavy atom. The van der Waals surface area contributed by atoms with E-state index in [-0.39, 0.29) is 5.54 Å². The van der Waals surface area contributed by atoms with E-state index in [4.69, 9.17) is 5.73 Å². The van der Waals surface area contributed by atoms with Crippen LogP contribution in [0.1, 0.15) is 57.1 Å². The Labute approximate surface area is 100 Å². The summed E-state index contributed by atoms with van der Waals surface area (Å²) < 4.78 is 0. The Morgan fingerprint density at radius 3 is 2.25 bits per heavy atom. The molecular weight excluding hydrogens is 194 g/mol. The van der Waals surface area contributed by atoms with E-state index in [2.05, 4.69) is 45.0 Å². The van der Waals surface area contributed by atoms with Crippen molar-refractivity contribution in [2.75, 3.05) is 0 Å². The van der Waals surface area contributed by atoms with Crippen molar-refractivity contribution in [1.29, 1.82) is 0 Å². The third kappa shape index (κ3) is 3.97. The van der Waals surface area contributed by atoms with Crippen LogP contribution in [0.5, 0.6) is 0 Å². The second kappa shape index (κ2) is 6.05. The molecule has 0 amide bonds. The molecule has 0 saturated heterocycles. The van der Waals surface area contributed by atoms with Crippen LogP contribution in [0.4, 0.5) is 0 Å². The number of nitrogens with two attached hydrogens (primary N) is 1. The third-order valence-electron chi connectivity index (χ3n) is 3.26. The van der Waals surface area contributed by atoms with E-state index < -0.39 is 0 Å². The Morgan fingerprint density at radius 1 is 1.06 bits per heavy atom. The van der Waals surface area contributed by atoms with Gasteiger partial charge in [-0.1, -0.05) is 62.4 Å². The summed E-state index contributed by atoms with van der Waals surface area (Å²) in [7, 11) is 0. The molecule has 0 bridgehead atoms. The van der Waals surface area contributed by atoms with Crippen LogP contribution in [0.3, 0.4) is 0 Å². The fourth-order valence-electron chi connectivity index (χ4n) is 2.00. The molecule has 16 heavy (non-hydrogen) atoms. The first kappa shape index (κ1) is 13.2. The SMILES string of the molecule is CCCCCCC(C)(N)c1ccc(C)cc1. The van der Waals surface area contributed by atoms with Gasteiger partial charge in [-0.25, -0.2) is 0 Å². The van der Waals surface area contributed by atoms with Crippen molar-refractivity contribution >= 4 is 0 Å². The first-order valence-corrected chi connectivity index (χ1v) is 6.42. The number of aryl methyl sites for hydroxylation is 1. The molecule has 0 spiro atoms. The highest BCUT2D eigenvalue weighted by Gasteiger charge is 2.19. The fourth-order valence-corrected chi connectivity index (χ4v) is 2.00. The summed E-state index contributed by atoms with van der Waals surface area (Å²) in [4.78, 5) is 0. The lowest BCUT2D eigenvalue weighted by Gasteiger charge is -2.25. The minimum absolute atomic E-state index is 0.165. The lowest BCUT2D eigenvalue weighted by Crippen LogP contribution is -2.32. The Kier molecular flexibility index (Phi) is 5.01. The highest BCUT2D eigenvalue weighted by Crippen LogP contribution is 2.24. The summed E-state index contributed by atoms with van der Waals surface area (Å²) >= 11 is 0. The quantitative estimate of drug-likeness (QED) is 0.715. The molecule has 0 aliphatic heterocycles. The first-order chi connectivity index (χ1) is 7.56. The Balaban J connectivity index is 2.52. The molecule has 0 radical (unpaired) electrons. The van der Waals surface area contributed by atoms with Gasteiger partial charge in [0.15, 0.2) is 0 Å². The maximum absolute atomic E-state index is 6.37. The van der Waals surface area contributed by atoms with Crippen molar-refractivity contribution in [3.8, 4) is 0 Å². The zero-order chi connectivity index (χ0) is 12.0. The standard InChI is InChI=1S/C15H25N/c1-4-5-6-7-12-15(3,16)14-10-8-13(2)9-11-14/h8-11H,4-7,12,16H2,1-3H3. The zero-order valence-electron chi connectivity index (χ0n) is 10.9. The van der Waals surface area contributed by atoms with E-state index in [1.54, 1.807) is 0 Å². The molecule has 1 nitrogen and oxygen atoms in total. The van der Waals surface area contributed by atoms with Crippen molar-refractivity contribution in [2.24, 2.45) is 5.73 Å². The number of rotatable bonds is 6. The van der Waals surface area contributed by atoms with Gasteiger partial charge in [-0.15, -0.1) is 0 Å². The molecule has 1 aromatic carbocycles. The second-order valence-electron chi connectivity index (χ2n) is 5.09. The van der Waals surface area contributed by atoms with Gasteiger partial charge in [0.2, 0.25) is 0 Å². The molecule has 0 aliphatic carbocycles. The largest absolute Gasteiger partial charge is 0.322 e. The van der Waals surface area contributed by atoms with E-state index in [1.807, 2.05) is 0 Å². The normalized spacial score (nSPS) is 14.8. The molecule has 1 unspecified atom stereocenters. The molecule has 1 heteroatoms. The van der Waals surface area contributed by atoms with Gasteiger partial charge in [-0.05, 0) is 25.8 Å². The summed E-state index contributed by atoms with van der Waals surface area (Å²) in [5, 5.41) is 0. The predicted molar refractivity (Wildman–Crippen MR) is 71.5 cm³/mol. The molecule has 0 fully saturated rings. The topological polar surface area (TPSA) is 26.0 Å². The molecule has 0 heterocycles. The molecule has 0 aliphatic rings. The molecule has 90 valence electrons. The maximum atomic E-state index is 6.37. The molecule has 0 aromatic heterocycles. The van der Waals surface area contributed by atoms with Crippen molar-refractivity contribution in [2.45, 2.75) is 58.4 Å². The van der Waals surface area contributed by atoms with Gasteiger partial charge in [-0.3, -0.25) is 0 Å². The molecule has 1 atom stereocenters. The third-order valence-corrected chi connectivity index (χ3v) is 3.26. The van der Waals surface area contributed by atoms with Gasteiger partial charge in [0.05, 0.1) is 0 Å². The summed E-state index contributed by atoms with van der Waals surface area (Å²) in [6.07, 6.45) is 6.22. The summed E-state index contributed by atoms with van der Waals surface area (Å²) in [5.74, 6) is 0. The van der Waals surface area contributed by atoms with Gasteiger partial charge in [0.1, 0.15) is 0 Å². The van der Waals surface area contributed by atoms with E-state index in [0.717, 1.165) is 6.42 Å². The smallest absolute Gasteiger partial charge is 0.0381 e. The first-order valence-electron chi connectivity index (χ1n) is 6.42. The molecule has 1 aromatic rings. The van der Waals surface area contributed by atoms with Crippen LogP contribution in [0.2, 0.25) is 0 Å². The summed E-state index contributed by atoms with van der Waals surface area (Å²) in [5.41, 5.74) is 8.76. The highest BCUT2D eigenvalue weighted by molar-refractivity contribution is 5.26. The number of unbranched alkanes of at least 4 members (excludes halogenated alkanes) is 3. The average Bonchev–Trinajstić information content (AvgIpc) is 2.25. The lowest BCUT2D eigenvalue weighted by molar-refractivity contribution is 0.424. The van der Waals surface area contributed by atoms with Crippen LogP contribution in [0.15, 0.2) is 24.3 Å². The Bertz CT molecular complexity index is 298. The van der Waals surface area contributed by atoms with Crippen molar-refractivity contribution in [1.82, 2.24) is 0 Å². The van der Waals surface area contributed by atoms with Gasteiger partial charge in [-0.2, -0.15) is 0 Å². The van der Waals surface area contributed by atoms with Crippen LogP contribution in [0, 0.1) is 6.92 Å². The lowest BCUT2D eigenvalue weighted by atomic mass is 9.87. The predicted octanol–water partition coefficient (Wildman–Crippen LogP) is 4.14. The van der Waals surface area contributed by atoms with Crippen molar-refractivity contribution in [3.05, 3.63) is 35.4 Å². The van der Waals surface area contributed by atoms with Crippen LogP contribution in [-0.4, -0.2) is 0 Å². The van der Waals surface area contributed by atoms with Crippen molar-refractivity contribution < 1.29 is 0 Å². The highest BCUT2D eigenvalue weighted by atomic mass is 14.7. The van der Waals surface area contributed by atoms with Gasteiger partial charge < -0.3 is 5.73 Å². The van der Waals surface area contributed by atoms with Crippen LogP contribution >= 0.6 is 0 Å². The summed E-state index contributed by atoms with van der Waals surface area (Å²) in [6, 6.07) is 8.61. The van der Waals surface area contributed by atoms with E-state index in [0.29, 0.717) is 0 Å². The van der Waals surface area contributed by atoms with Crippen LogP contribution < -0.4 is 5.73 Å². The Hall–Kier alpha value is -0.820. The zero-order valence-corrected chi connectivity index (χ0v) is 10.9. The number of hydrogen-bond acceptors (Lipinski definition) is 1. The average molecular weight is 219 g/mol. The summed E-state index contributed by atoms with van der Waals surface area (Å²) in [6.45, 7) is 6.49. The van der Waals surface area contributed by atoms with E-state index >= 15 is 0 Å². The van der Waals surface area contributed by atoms with E-state index in [9.17, 15) is 0 Å². The second-order valence-corrected chi connectivity index (χ2v) is 5.09. The van der Waals surface area contributed by atoms with Gasteiger partial charge in [0.25, 0.3) is 0 Å². The van der Waals surface area contributed by atoms with Crippen LogP contribution in [-0.2, 0) is 5.54 Å². The fraction of sp³-hybridized carbons (Fsp3) is 0.600. The minimum atomic E-state index is -0.165. The maximum Gasteiger partial charge on any atom is 0.0381 e. The molecule has 2 N–H and O–H groups in total. The van der Waals surface area contributed by atoms with E-state index in [1.165, 1.54) is 36.8 Å². The minimum Gasteiger partial charge on any atom is -0.322 e. The monoisotopic (exact) mass is 219 g/mol. The van der Waals surface area contributed by atoms with Gasteiger partial charge in [0, 0.05) is 5.54 Å². The number of hydrogen-bond donors (Lipinski definition) is 1. The molecule has 0 saturated carbocycles. The molecular formula is C15H25N. The number of benzene rings is 1. The van der Waals surface area contributed by atoms with Crippen molar-refractivity contribution in [3.63, 3.8) is 0 Å². The van der Waals surface area contributed by atoms with Gasteiger partial charge >= 0.3 is 0 Å². The molecule has 1 rings (SSSR count). The van der Waals surface area contributed by atoms with Crippen LogP contribution in [0.25, 0.3) is 0 Å².